The molecule has 0 bridgehead atoms. The quantitative estimate of drug-likeness (QED) is 0.288. The van der Waals surface area contributed by atoms with E-state index in [2.05, 4.69) is 32.0 Å². The smallest absolute Gasteiger partial charge is 0.418 e. The van der Waals surface area contributed by atoms with E-state index >= 15 is 0 Å². The maximum atomic E-state index is 9.75. The van der Waals surface area contributed by atoms with Crippen molar-refractivity contribution in [2.45, 2.75) is 89.4 Å². The van der Waals surface area contributed by atoms with E-state index in [0.717, 1.165) is 11.3 Å². The van der Waals surface area contributed by atoms with Gasteiger partial charge in [-0.2, -0.15) is 0 Å². The van der Waals surface area contributed by atoms with E-state index in [4.69, 9.17) is 0 Å². The molecule has 26 heavy (non-hydrogen) atoms. The maximum absolute atomic E-state index is 9.75. The summed E-state index contributed by atoms with van der Waals surface area (Å²) in [6.45, 7) is 4.57. The summed E-state index contributed by atoms with van der Waals surface area (Å²) in [6, 6.07) is 7.41. The molecule has 0 nitrogen and oxygen atoms in total. The molecule has 3 rings (SSSR count). The van der Waals surface area contributed by atoms with Gasteiger partial charge in [-0.15, -0.1) is 0 Å². The first-order chi connectivity index (χ1) is 12.2. The Bertz CT molecular complexity index is 505. The molecule has 6 heteroatoms. The lowest BCUT2D eigenvalue weighted by Gasteiger charge is -2.39. The molecule has 0 radical (unpaired) electrons. The van der Waals surface area contributed by atoms with Crippen LogP contribution in [0.5, 0.6) is 0 Å². The van der Waals surface area contributed by atoms with Crippen molar-refractivity contribution in [3.05, 3.63) is 29.3 Å². The monoisotopic (exact) mass is 389 g/mol. The standard InChI is InChI=1S/C20H31P.BF4/c1-16-13-17(2)15-20(14-16)21(18-9-5-3-6-10-18)19-11-7-4-8-12-19;2-1(3,4)5/h13-15,18-19H,3-12H2,1-2H3;/q;-1. The van der Waals surface area contributed by atoms with E-state index in [0.29, 0.717) is 0 Å². The summed E-state index contributed by atoms with van der Waals surface area (Å²) >= 11 is 0. The molecule has 0 amide bonds. The van der Waals surface area contributed by atoms with Crippen LogP contribution in [0.15, 0.2) is 18.2 Å². The van der Waals surface area contributed by atoms with Gasteiger partial charge in [0.15, 0.2) is 0 Å². The van der Waals surface area contributed by atoms with Crippen LogP contribution in [0.1, 0.15) is 75.3 Å². The Balaban J connectivity index is 0.000000431. The highest BCUT2D eigenvalue weighted by atomic mass is 31.1. The molecule has 2 aliphatic rings. The van der Waals surface area contributed by atoms with Gasteiger partial charge < -0.3 is 17.3 Å². The number of hydrogen-bond acceptors (Lipinski definition) is 0. The van der Waals surface area contributed by atoms with E-state index < -0.39 is 7.25 Å². The molecule has 0 unspecified atom stereocenters. The average molecular weight is 389 g/mol. The minimum atomic E-state index is -6.00. The first kappa shape index (κ1) is 21.7. The summed E-state index contributed by atoms with van der Waals surface area (Å²) in [7, 11) is -5.92. The minimum absolute atomic E-state index is 0.0755. The van der Waals surface area contributed by atoms with E-state index in [-0.39, 0.29) is 7.92 Å². The van der Waals surface area contributed by atoms with Crippen LogP contribution in [-0.2, 0) is 0 Å². The van der Waals surface area contributed by atoms with Crippen molar-refractivity contribution in [1.29, 1.82) is 0 Å². The molecular formula is C20H31BF4P-. The van der Waals surface area contributed by atoms with Crippen molar-refractivity contribution in [2.75, 3.05) is 0 Å². The van der Waals surface area contributed by atoms with Crippen LogP contribution in [0.2, 0.25) is 0 Å². The van der Waals surface area contributed by atoms with Crippen molar-refractivity contribution in [2.24, 2.45) is 0 Å². The third-order valence-electron chi connectivity index (χ3n) is 5.44. The van der Waals surface area contributed by atoms with Crippen LogP contribution in [0, 0.1) is 13.8 Å². The fourth-order valence-corrected chi connectivity index (χ4v) is 8.53. The summed E-state index contributed by atoms with van der Waals surface area (Å²) in [5.41, 5.74) is 5.00. The molecule has 0 heterocycles. The van der Waals surface area contributed by atoms with Crippen molar-refractivity contribution in [3.63, 3.8) is 0 Å². The molecule has 0 saturated heterocycles. The molecule has 0 aliphatic heterocycles. The van der Waals surface area contributed by atoms with Crippen molar-refractivity contribution >= 4 is 20.5 Å². The van der Waals surface area contributed by atoms with Gasteiger partial charge in [0, 0.05) is 0 Å². The maximum Gasteiger partial charge on any atom is 0.673 e. The van der Waals surface area contributed by atoms with Crippen LogP contribution in [0.3, 0.4) is 0 Å². The third-order valence-corrected chi connectivity index (χ3v) is 8.90. The summed E-state index contributed by atoms with van der Waals surface area (Å²) in [6.07, 6.45) is 15.0. The highest BCUT2D eigenvalue weighted by molar-refractivity contribution is 7.67. The van der Waals surface area contributed by atoms with Gasteiger partial charge in [0.25, 0.3) is 0 Å². The molecular weight excluding hydrogens is 358 g/mol. The third kappa shape index (κ3) is 7.58. The van der Waals surface area contributed by atoms with Crippen LogP contribution >= 0.6 is 7.92 Å². The number of rotatable bonds is 3. The number of benzene rings is 1. The van der Waals surface area contributed by atoms with Crippen molar-refractivity contribution in [3.8, 4) is 0 Å². The van der Waals surface area contributed by atoms with Crippen molar-refractivity contribution < 1.29 is 17.3 Å². The predicted octanol–water partition coefficient (Wildman–Crippen LogP) is 7.38. The van der Waals surface area contributed by atoms with Gasteiger partial charge >= 0.3 is 7.25 Å². The molecule has 148 valence electrons. The first-order valence-corrected chi connectivity index (χ1v) is 11.5. The lowest BCUT2D eigenvalue weighted by atomic mass is 9.99. The van der Waals surface area contributed by atoms with Crippen LogP contribution < -0.4 is 5.30 Å². The zero-order valence-electron chi connectivity index (χ0n) is 16.0. The highest BCUT2D eigenvalue weighted by Crippen LogP contribution is 2.54. The Morgan fingerprint density at radius 3 is 1.38 bits per heavy atom. The Labute approximate surface area is 157 Å². The molecule has 2 saturated carbocycles. The zero-order chi connectivity index (χ0) is 19.2. The van der Waals surface area contributed by atoms with Gasteiger partial charge in [-0.1, -0.05) is 75.8 Å². The summed E-state index contributed by atoms with van der Waals surface area (Å²) in [5, 5.41) is 1.74. The minimum Gasteiger partial charge on any atom is -0.418 e. The molecule has 1 aromatic carbocycles. The first-order valence-electron chi connectivity index (χ1n) is 9.98. The Kier molecular flexibility index (Phi) is 8.45. The number of hydrogen-bond donors (Lipinski definition) is 0. The van der Waals surface area contributed by atoms with Gasteiger partial charge in [-0.3, -0.25) is 0 Å². The van der Waals surface area contributed by atoms with E-state index in [9.17, 15) is 17.3 Å². The van der Waals surface area contributed by atoms with Gasteiger partial charge in [0.1, 0.15) is 0 Å². The van der Waals surface area contributed by atoms with E-state index in [1.807, 2.05) is 0 Å². The van der Waals surface area contributed by atoms with Gasteiger partial charge in [-0.05, 0) is 56.2 Å². The normalized spacial score (nSPS) is 20.0. The molecule has 0 atom stereocenters. The predicted molar refractivity (Wildman–Crippen MR) is 106 cm³/mol. The Morgan fingerprint density at radius 2 is 1.04 bits per heavy atom. The Morgan fingerprint density at radius 1 is 0.692 bits per heavy atom. The lowest BCUT2D eigenvalue weighted by Crippen LogP contribution is -2.26. The van der Waals surface area contributed by atoms with Gasteiger partial charge in [0.05, 0.1) is 0 Å². The second-order valence-corrected chi connectivity index (χ2v) is 10.6. The summed E-state index contributed by atoms with van der Waals surface area (Å²) in [4.78, 5) is 0. The number of aryl methyl sites for hydroxylation is 2. The van der Waals surface area contributed by atoms with Crippen LogP contribution in [0.25, 0.3) is 0 Å². The van der Waals surface area contributed by atoms with Crippen LogP contribution in [-0.4, -0.2) is 18.6 Å². The SMILES string of the molecule is Cc1cc(C)cc(P(C2CCCCC2)C2CCCCC2)c1.F[B-](F)(F)F. The summed E-state index contributed by atoms with van der Waals surface area (Å²) < 4.78 is 39.0. The molecule has 0 spiro atoms. The second kappa shape index (κ2) is 10.1. The van der Waals surface area contributed by atoms with Gasteiger partial charge in [-0.25, -0.2) is 0 Å². The molecule has 1 aromatic rings. The molecule has 2 aliphatic carbocycles. The fraction of sp³-hybridized carbons (Fsp3) is 0.700. The topological polar surface area (TPSA) is 0 Å². The fourth-order valence-electron chi connectivity index (χ4n) is 4.54. The molecule has 0 aromatic heterocycles. The number of halogens is 4. The van der Waals surface area contributed by atoms with Gasteiger partial charge in [0.2, 0.25) is 0 Å². The summed E-state index contributed by atoms with van der Waals surface area (Å²) in [5.74, 6) is 0. The lowest BCUT2D eigenvalue weighted by molar-refractivity contribution is 0.368. The highest BCUT2D eigenvalue weighted by Gasteiger charge is 2.32. The van der Waals surface area contributed by atoms with Crippen molar-refractivity contribution in [1.82, 2.24) is 0 Å². The van der Waals surface area contributed by atoms with E-state index in [1.54, 1.807) is 5.30 Å². The van der Waals surface area contributed by atoms with Crippen LogP contribution in [0.4, 0.5) is 17.3 Å². The average Bonchev–Trinajstić information content (AvgIpc) is 2.55. The molecule has 0 N–H and O–H groups in total. The largest absolute Gasteiger partial charge is 0.673 e. The zero-order valence-corrected chi connectivity index (χ0v) is 16.9. The van der Waals surface area contributed by atoms with E-state index in [1.165, 1.54) is 75.3 Å². The second-order valence-electron chi connectivity index (χ2n) is 7.83. The Hall–Kier alpha value is -0.565. The molecule has 2 fully saturated rings.